The number of hydrogen-bond donors (Lipinski definition) is 3. The molecule has 8 heteroatoms. The molecule has 0 fully saturated rings. The summed E-state index contributed by atoms with van der Waals surface area (Å²) in [6.45, 7) is 1.40. The van der Waals surface area contributed by atoms with Crippen LogP contribution in [0.5, 0.6) is 0 Å². The number of para-hydroxylation sites is 1. The average molecular weight is 382 g/mol. The summed E-state index contributed by atoms with van der Waals surface area (Å²) < 4.78 is 27.3. The first-order chi connectivity index (χ1) is 13.4. The van der Waals surface area contributed by atoms with Gasteiger partial charge in [0.05, 0.1) is 5.56 Å². The Morgan fingerprint density at radius 2 is 1.46 bits per heavy atom. The summed E-state index contributed by atoms with van der Waals surface area (Å²) in [6, 6.07) is 13.1. The zero-order chi connectivity index (χ0) is 20.1. The Balaban J connectivity index is 1.66. The van der Waals surface area contributed by atoms with Crippen LogP contribution in [0.25, 0.3) is 0 Å². The highest BCUT2D eigenvalue weighted by Gasteiger charge is 2.11. The van der Waals surface area contributed by atoms with Gasteiger partial charge in [-0.15, -0.1) is 0 Å². The van der Waals surface area contributed by atoms with Crippen LogP contribution in [-0.4, -0.2) is 16.8 Å². The average Bonchev–Trinajstić information content (AvgIpc) is 2.66. The van der Waals surface area contributed by atoms with Crippen molar-refractivity contribution in [2.75, 3.05) is 16.0 Å². The summed E-state index contributed by atoms with van der Waals surface area (Å²) in [5.74, 6) is -1.88. The Morgan fingerprint density at radius 3 is 2.00 bits per heavy atom. The number of pyridine rings is 1. The van der Waals surface area contributed by atoms with E-state index in [1.165, 1.54) is 31.3 Å². The van der Waals surface area contributed by atoms with Crippen LogP contribution in [0.15, 0.2) is 60.8 Å². The van der Waals surface area contributed by atoms with Gasteiger partial charge in [0.25, 0.3) is 5.91 Å². The lowest BCUT2D eigenvalue weighted by molar-refractivity contribution is -0.114. The number of nitrogens with zero attached hydrogens (tertiary/aromatic N) is 1. The summed E-state index contributed by atoms with van der Waals surface area (Å²) in [5, 5.41) is 7.87. The largest absolute Gasteiger partial charge is 0.335 e. The number of carbonyl (C=O) groups is 2. The first-order valence-electron chi connectivity index (χ1n) is 8.28. The minimum Gasteiger partial charge on any atom is -0.335 e. The molecule has 0 saturated carbocycles. The van der Waals surface area contributed by atoms with E-state index < -0.39 is 17.5 Å². The third-order valence-corrected chi connectivity index (χ3v) is 3.70. The molecule has 3 aromatic rings. The number of aromatic nitrogens is 1. The van der Waals surface area contributed by atoms with Gasteiger partial charge in [-0.25, -0.2) is 13.8 Å². The molecule has 0 saturated heterocycles. The molecule has 0 aliphatic carbocycles. The highest BCUT2D eigenvalue weighted by Crippen LogP contribution is 2.22. The first kappa shape index (κ1) is 19.0. The van der Waals surface area contributed by atoms with E-state index >= 15 is 0 Å². The Labute approximate surface area is 159 Å². The third kappa shape index (κ3) is 4.67. The summed E-state index contributed by atoms with van der Waals surface area (Å²) in [5.41, 5.74) is 1.11. The maximum Gasteiger partial charge on any atom is 0.257 e. The first-order valence-corrected chi connectivity index (χ1v) is 8.28. The molecule has 1 heterocycles. The van der Waals surface area contributed by atoms with E-state index in [9.17, 15) is 18.4 Å². The van der Waals surface area contributed by atoms with Crippen LogP contribution >= 0.6 is 0 Å². The van der Waals surface area contributed by atoms with Crippen molar-refractivity contribution in [3.8, 4) is 0 Å². The second kappa shape index (κ2) is 8.26. The molecule has 2 amide bonds. The molecule has 0 spiro atoms. The maximum absolute atomic E-state index is 13.7. The van der Waals surface area contributed by atoms with Crippen molar-refractivity contribution in [2.24, 2.45) is 0 Å². The lowest BCUT2D eigenvalue weighted by Crippen LogP contribution is -2.12. The predicted molar refractivity (Wildman–Crippen MR) is 103 cm³/mol. The van der Waals surface area contributed by atoms with Crippen LogP contribution in [0, 0.1) is 11.6 Å². The molecule has 0 atom stereocenters. The number of halogens is 2. The van der Waals surface area contributed by atoms with E-state index in [1.807, 2.05) is 0 Å². The van der Waals surface area contributed by atoms with Gasteiger partial charge in [-0.3, -0.25) is 9.59 Å². The molecular weight excluding hydrogens is 366 g/mol. The van der Waals surface area contributed by atoms with Gasteiger partial charge in [-0.05, 0) is 48.5 Å². The van der Waals surface area contributed by atoms with Crippen molar-refractivity contribution in [1.82, 2.24) is 4.98 Å². The molecule has 3 N–H and O–H groups in total. The van der Waals surface area contributed by atoms with Crippen molar-refractivity contribution in [3.05, 3.63) is 78.0 Å². The van der Waals surface area contributed by atoms with Gasteiger partial charge in [0.1, 0.15) is 23.1 Å². The molecule has 0 unspecified atom stereocenters. The summed E-state index contributed by atoms with van der Waals surface area (Å²) in [6.07, 6.45) is 1.29. The van der Waals surface area contributed by atoms with Gasteiger partial charge in [0, 0.05) is 24.5 Å². The Morgan fingerprint density at radius 1 is 0.857 bits per heavy atom. The number of amides is 2. The van der Waals surface area contributed by atoms with E-state index in [2.05, 4.69) is 20.9 Å². The molecule has 0 aliphatic rings. The van der Waals surface area contributed by atoms with Crippen LogP contribution < -0.4 is 16.0 Å². The maximum atomic E-state index is 13.7. The lowest BCUT2D eigenvalue weighted by Gasteiger charge is -2.09. The number of carbonyl (C=O) groups excluding carboxylic acids is 2. The number of hydrogen-bond acceptors (Lipinski definition) is 4. The van der Waals surface area contributed by atoms with E-state index in [0.717, 1.165) is 12.1 Å². The minimum absolute atomic E-state index is 0.188. The summed E-state index contributed by atoms with van der Waals surface area (Å²) in [7, 11) is 0. The SMILES string of the molecule is CC(=O)Nc1ccc(NC(=O)c2ccc(Nc3c(F)cccc3F)nc2)cc1. The summed E-state index contributed by atoms with van der Waals surface area (Å²) in [4.78, 5) is 27.3. The molecule has 6 nitrogen and oxygen atoms in total. The molecule has 1 aromatic heterocycles. The van der Waals surface area contributed by atoms with Gasteiger partial charge in [-0.1, -0.05) is 6.07 Å². The van der Waals surface area contributed by atoms with Gasteiger partial charge >= 0.3 is 0 Å². The number of nitrogens with one attached hydrogen (secondary N) is 3. The van der Waals surface area contributed by atoms with Crippen LogP contribution in [0.1, 0.15) is 17.3 Å². The van der Waals surface area contributed by atoms with Crippen LogP contribution in [-0.2, 0) is 4.79 Å². The Bertz CT molecular complexity index is 985. The van der Waals surface area contributed by atoms with Crippen LogP contribution in [0.4, 0.5) is 31.7 Å². The highest BCUT2D eigenvalue weighted by atomic mass is 19.1. The fourth-order valence-electron chi connectivity index (χ4n) is 2.39. The van der Waals surface area contributed by atoms with Crippen molar-refractivity contribution in [2.45, 2.75) is 6.92 Å². The van der Waals surface area contributed by atoms with Gasteiger partial charge in [0.15, 0.2) is 0 Å². The van der Waals surface area contributed by atoms with Crippen molar-refractivity contribution < 1.29 is 18.4 Å². The second-order valence-corrected chi connectivity index (χ2v) is 5.87. The van der Waals surface area contributed by atoms with Crippen LogP contribution in [0.2, 0.25) is 0 Å². The third-order valence-electron chi connectivity index (χ3n) is 3.70. The van der Waals surface area contributed by atoms with Gasteiger partial charge in [0.2, 0.25) is 5.91 Å². The van der Waals surface area contributed by atoms with Crippen molar-refractivity contribution in [1.29, 1.82) is 0 Å². The second-order valence-electron chi connectivity index (χ2n) is 5.87. The molecule has 28 heavy (non-hydrogen) atoms. The Hall–Kier alpha value is -3.81. The molecule has 3 rings (SSSR count). The van der Waals surface area contributed by atoms with Gasteiger partial charge in [-0.2, -0.15) is 0 Å². The molecule has 0 bridgehead atoms. The number of rotatable bonds is 5. The summed E-state index contributed by atoms with van der Waals surface area (Å²) >= 11 is 0. The molecule has 142 valence electrons. The lowest BCUT2D eigenvalue weighted by atomic mass is 10.2. The Kier molecular flexibility index (Phi) is 5.59. The van der Waals surface area contributed by atoms with E-state index in [-0.39, 0.29) is 23.0 Å². The zero-order valence-corrected chi connectivity index (χ0v) is 14.8. The monoisotopic (exact) mass is 382 g/mol. The van der Waals surface area contributed by atoms with E-state index in [4.69, 9.17) is 0 Å². The van der Waals surface area contributed by atoms with E-state index in [0.29, 0.717) is 11.4 Å². The fraction of sp³-hybridized carbons (Fsp3) is 0.0500. The highest BCUT2D eigenvalue weighted by molar-refractivity contribution is 6.04. The smallest absolute Gasteiger partial charge is 0.257 e. The topological polar surface area (TPSA) is 83.1 Å². The quantitative estimate of drug-likeness (QED) is 0.614. The van der Waals surface area contributed by atoms with Crippen molar-refractivity contribution >= 4 is 34.7 Å². The number of benzene rings is 2. The fourth-order valence-corrected chi connectivity index (χ4v) is 2.39. The minimum atomic E-state index is -0.744. The zero-order valence-electron chi connectivity index (χ0n) is 14.8. The predicted octanol–water partition coefficient (Wildman–Crippen LogP) is 4.31. The van der Waals surface area contributed by atoms with E-state index in [1.54, 1.807) is 24.3 Å². The van der Waals surface area contributed by atoms with Gasteiger partial charge < -0.3 is 16.0 Å². The molecule has 0 aliphatic heterocycles. The standard InChI is InChI=1S/C20H16F2N4O2/c1-12(27)24-14-6-8-15(9-7-14)25-20(28)13-5-10-18(23-11-13)26-19-16(21)3-2-4-17(19)22/h2-11H,1H3,(H,23,26)(H,24,27)(H,25,28). The molecular formula is C20H16F2N4O2. The van der Waals surface area contributed by atoms with Crippen LogP contribution in [0.3, 0.4) is 0 Å². The molecule has 2 aromatic carbocycles. The number of anilines is 4. The molecule has 0 radical (unpaired) electrons. The van der Waals surface area contributed by atoms with Crippen molar-refractivity contribution in [3.63, 3.8) is 0 Å². The normalized spacial score (nSPS) is 10.2.